The zero-order valence-electron chi connectivity index (χ0n) is 8.85. The Labute approximate surface area is 94.2 Å². The third-order valence-electron chi connectivity index (χ3n) is 2.51. The number of ether oxygens (including phenoxy) is 1. The maximum Gasteiger partial charge on any atom is 0.224 e. The van der Waals surface area contributed by atoms with Gasteiger partial charge in [-0.2, -0.15) is 0 Å². The lowest BCUT2D eigenvalue weighted by atomic mass is 10.2. The zero-order chi connectivity index (χ0) is 10.8. The average Bonchev–Trinajstić information content (AvgIpc) is 2.22. The number of aromatic nitrogens is 2. The summed E-state index contributed by atoms with van der Waals surface area (Å²) in [7, 11) is 0. The Balaban J connectivity index is 2.21. The molecule has 82 valence electrons. The van der Waals surface area contributed by atoms with Gasteiger partial charge >= 0.3 is 0 Å². The van der Waals surface area contributed by atoms with Gasteiger partial charge in [0.05, 0.1) is 18.8 Å². The number of anilines is 1. The predicted molar refractivity (Wildman–Crippen MR) is 59.3 cm³/mol. The van der Waals surface area contributed by atoms with Crippen LogP contribution in [0.25, 0.3) is 0 Å². The molecule has 1 aromatic heterocycles. The van der Waals surface area contributed by atoms with Crippen molar-refractivity contribution in [2.24, 2.45) is 0 Å². The number of rotatable bonds is 1. The molecule has 2 atom stereocenters. The van der Waals surface area contributed by atoms with Crippen molar-refractivity contribution in [3.8, 4) is 0 Å². The Kier molecular flexibility index (Phi) is 3.07. The number of nitrogens with zero attached hydrogens (tertiary/aromatic N) is 3. The normalized spacial score (nSPS) is 26.7. The molecule has 15 heavy (non-hydrogen) atoms. The maximum atomic E-state index is 5.77. The Hall–Kier alpha value is -0.870. The van der Waals surface area contributed by atoms with E-state index in [1.165, 1.54) is 0 Å². The molecular formula is C10H14ClN3O. The molecule has 1 aliphatic heterocycles. The van der Waals surface area contributed by atoms with Crippen LogP contribution in [-0.4, -0.2) is 35.3 Å². The summed E-state index contributed by atoms with van der Waals surface area (Å²) in [6, 6.07) is 2.20. The predicted octanol–water partition coefficient (Wildman–Crippen LogP) is 1.74. The van der Waals surface area contributed by atoms with E-state index < -0.39 is 0 Å². The highest BCUT2D eigenvalue weighted by molar-refractivity contribution is 6.28. The van der Waals surface area contributed by atoms with Gasteiger partial charge in [-0.3, -0.25) is 0 Å². The molecule has 0 spiro atoms. The summed E-state index contributed by atoms with van der Waals surface area (Å²) < 4.78 is 5.55. The molecule has 0 bridgehead atoms. The molecule has 5 heteroatoms. The van der Waals surface area contributed by atoms with Gasteiger partial charge in [-0.1, -0.05) is 0 Å². The Bertz CT molecular complexity index is 347. The summed E-state index contributed by atoms with van der Waals surface area (Å²) in [5, 5.41) is 0.291. The van der Waals surface area contributed by atoms with Crippen molar-refractivity contribution in [3.63, 3.8) is 0 Å². The molecule has 0 N–H and O–H groups in total. The second-order valence-corrected chi connectivity index (χ2v) is 4.17. The summed E-state index contributed by atoms with van der Waals surface area (Å²) in [5.41, 5.74) is 0. The lowest BCUT2D eigenvalue weighted by molar-refractivity contribution is 0.0340. The highest BCUT2D eigenvalue weighted by Crippen LogP contribution is 2.19. The second kappa shape index (κ2) is 4.33. The minimum Gasteiger partial charge on any atom is -0.375 e. The summed E-state index contributed by atoms with van der Waals surface area (Å²) in [4.78, 5) is 10.3. The Morgan fingerprint density at radius 1 is 1.53 bits per heavy atom. The molecule has 4 nitrogen and oxygen atoms in total. The fourth-order valence-electron chi connectivity index (χ4n) is 1.71. The fourth-order valence-corrected chi connectivity index (χ4v) is 1.85. The van der Waals surface area contributed by atoms with Crippen molar-refractivity contribution in [2.75, 3.05) is 18.1 Å². The number of hydrogen-bond donors (Lipinski definition) is 0. The molecule has 2 heterocycles. The first-order chi connectivity index (χ1) is 7.16. The third kappa shape index (κ3) is 2.38. The SMILES string of the molecule is CC1CN(c2ccnc(Cl)n2)C(C)CO1. The molecule has 0 amide bonds. The summed E-state index contributed by atoms with van der Waals surface area (Å²) in [6.07, 6.45) is 1.91. The summed E-state index contributed by atoms with van der Waals surface area (Å²) in [5.74, 6) is 0.873. The zero-order valence-corrected chi connectivity index (χ0v) is 9.61. The van der Waals surface area contributed by atoms with E-state index in [0.717, 1.165) is 19.0 Å². The number of hydrogen-bond acceptors (Lipinski definition) is 4. The molecule has 0 aromatic carbocycles. The largest absolute Gasteiger partial charge is 0.375 e. The molecule has 2 unspecified atom stereocenters. The second-order valence-electron chi connectivity index (χ2n) is 3.83. The van der Waals surface area contributed by atoms with Gasteiger partial charge in [0.2, 0.25) is 5.28 Å². The van der Waals surface area contributed by atoms with E-state index in [0.29, 0.717) is 11.3 Å². The van der Waals surface area contributed by atoms with E-state index in [1.807, 2.05) is 6.07 Å². The van der Waals surface area contributed by atoms with Crippen molar-refractivity contribution >= 4 is 17.4 Å². The molecule has 0 aliphatic carbocycles. The van der Waals surface area contributed by atoms with E-state index in [4.69, 9.17) is 16.3 Å². The topological polar surface area (TPSA) is 38.2 Å². The maximum absolute atomic E-state index is 5.77. The quantitative estimate of drug-likeness (QED) is 0.685. The van der Waals surface area contributed by atoms with Gasteiger partial charge in [0, 0.05) is 12.7 Å². The van der Waals surface area contributed by atoms with Crippen LogP contribution >= 0.6 is 11.6 Å². The summed E-state index contributed by atoms with van der Waals surface area (Å²) in [6.45, 7) is 5.74. The smallest absolute Gasteiger partial charge is 0.224 e. The average molecular weight is 228 g/mol. The van der Waals surface area contributed by atoms with E-state index in [2.05, 4.69) is 28.7 Å². The monoisotopic (exact) mass is 227 g/mol. The molecule has 1 aliphatic rings. The van der Waals surface area contributed by atoms with Crippen LogP contribution in [0.4, 0.5) is 5.82 Å². The Morgan fingerprint density at radius 2 is 2.33 bits per heavy atom. The Morgan fingerprint density at radius 3 is 3.07 bits per heavy atom. The van der Waals surface area contributed by atoms with Crippen molar-refractivity contribution in [3.05, 3.63) is 17.5 Å². The standard InChI is InChI=1S/C10H14ClN3O/c1-7-6-15-8(2)5-14(7)9-3-4-12-10(11)13-9/h3-4,7-8H,5-6H2,1-2H3. The van der Waals surface area contributed by atoms with Crippen LogP contribution in [-0.2, 0) is 4.74 Å². The first-order valence-corrected chi connectivity index (χ1v) is 5.41. The lowest BCUT2D eigenvalue weighted by Gasteiger charge is -2.37. The van der Waals surface area contributed by atoms with Gasteiger partial charge in [0.15, 0.2) is 0 Å². The van der Waals surface area contributed by atoms with Crippen molar-refractivity contribution < 1.29 is 4.74 Å². The minimum absolute atomic E-state index is 0.231. The van der Waals surface area contributed by atoms with Crippen molar-refractivity contribution in [2.45, 2.75) is 26.0 Å². The van der Waals surface area contributed by atoms with Gasteiger partial charge in [-0.15, -0.1) is 0 Å². The molecular weight excluding hydrogens is 214 g/mol. The van der Waals surface area contributed by atoms with E-state index >= 15 is 0 Å². The highest BCUT2D eigenvalue weighted by Gasteiger charge is 2.24. The molecule has 1 saturated heterocycles. The van der Waals surface area contributed by atoms with Crippen molar-refractivity contribution in [1.29, 1.82) is 0 Å². The fraction of sp³-hybridized carbons (Fsp3) is 0.600. The molecule has 0 saturated carbocycles. The molecule has 1 fully saturated rings. The molecule has 0 radical (unpaired) electrons. The van der Waals surface area contributed by atoms with Crippen LogP contribution in [0, 0.1) is 0 Å². The van der Waals surface area contributed by atoms with Gasteiger partial charge in [0.25, 0.3) is 0 Å². The van der Waals surface area contributed by atoms with Crippen LogP contribution in [0.2, 0.25) is 5.28 Å². The van der Waals surface area contributed by atoms with Gasteiger partial charge in [-0.05, 0) is 31.5 Å². The van der Waals surface area contributed by atoms with Gasteiger partial charge in [-0.25, -0.2) is 9.97 Å². The number of halogens is 1. The molecule has 1 aromatic rings. The van der Waals surface area contributed by atoms with Crippen LogP contribution in [0.15, 0.2) is 12.3 Å². The van der Waals surface area contributed by atoms with E-state index in [9.17, 15) is 0 Å². The summed E-state index contributed by atoms with van der Waals surface area (Å²) >= 11 is 5.77. The van der Waals surface area contributed by atoms with Crippen LogP contribution < -0.4 is 4.90 Å². The van der Waals surface area contributed by atoms with Crippen molar-refractivity contribution in [1.82, 2.24) is 9.97 Å². The van der Waals surface area contributed by atoms with E-state index in [1.54, 1.807) is 6.20 Å². The van der Waals surface area contributed by atoms with Crippen LogP contribution in [0.3, 0.4) is 0 Å². The minimum atomic E-state index is 0.231. The first-order valence-electron chi connectivity index (χ1n) is 5.03. The molecule has 2 rings (SSSR count). The van der Waals surface area contributed by atoms with Gasteiger partial charge < -0.3 is 9.64 Å². The van der Waals surface area contributed by atoms with Crippen LogP contribution in [0.1, 0.15) is 13.8 Å². The van der Waals surface area contributed by atoms with Gasteiger partial charge in [0.1, 0.15) is 5.82 Å². The van der Waals surface area contributed by atoms with Crippen LogP contribution in [0.5, 0.6) is 0 Å². The third-order valence-corrected chi connectivity index (χ3v) is 2.70. The van der Waals surface area contributed by atoms with E-state index in [-0.39, 0.29) is 6.10 Å². The first kappa shape index (κ1) is 10.6. The number of morpholine rings is 1. The lowest BCUT2D eigenvalue weighted by Crippen LogP contribution is -2.47. The highest BCUT2D eigenvalue weighted by atomic mass is 35.5.